The molecule has 0 bridgehead atoms. The Morgan fingerprint density at radius 1 is 1.12 bits per heavy atom. The van der Waals surface area contributed by atoms with Crippen LogP contribution in [0.1, 0.15) is 52.4 Å². The van der Waals surface area contributed by atoms with Crippen molar-refractivity contribution in [2.75, 3.05) is 26.2 Å². The first-order chi connectivity index (χ1) is 8.26. The molecule has 1 aliphatic rings. The maximum atomic E-state index is 9.42. The van der Waals surface area contributed by atoms with Gasteiger partial charge in [0.25, 0.3) is 0 Å². The Bertz CT molecular complexity index is 232. The maximum Gasteiger partial charge on any atom is 0.106 e. The van der Waals surface area contributed by atoms with E-state index in [1.54, 1.807) is 0 Å². The molecule has 0 aromatic heterocycles. The molecule has 0 atom stereocenters. The minimum absolute atomic E-state index is 0.232. The number of hydrogen-bond donors (Lipinski definition) is 1. The molecule has 1 fully saturated rings. The third-order valence-electron chi connectivity index (χ3n) is 3.96. The molecule has 1 N–H and O–H groups in total. The summed E-state index contributed by atoms with van der Waals surface area (Å²) in [4.78, 5) is 2.40. The van der Waals surface area contributed by atoms with E-state index in [-0.39, 0.29) is 5.54 Å². The van der Waals surface area contributed by atoms with Crippen LogP contribution in [0.2, 0.25) is 0 Å². The standard InChI is InChI=1S/C14H27N3/c1-3-17(4-2)12-11-16-14(13-15)9-7-5-6-8-10-14/h16H,3-12H2,1-2H3. The summed E-state index contributed by atoms with van der Waals surface area (Å²) in [6.45, 7) is 8.56. The van der Waals surface area contributed by atoms with Crippen molar-refractivity contribution < 1.29 is 0 Å². The van der Waals surface area contributed by atoms with Crippen molar-refractivity contribution in [2.45, 2.75) is 57.9 Å². The molecule has 0 saturated heterocycles. The smallest absolute Gasteiger partial charge is 0.106 e. The summed E-state index contributed by atoms with van der Waals surface area (Å²) in [6, 6.07) is 2.54. The number of hydrogen-bond acceptors (Lipinski definition) is 3. The summed E-state index contributed by atoms with van der Waals surface area (Å²) >= 11 is 0. The van der Waals surface area contributed by atoms with E-state index < -0.39 is 0 Å². The molecular weight excluding hydrogens is 210 g/mol. The molecule has 1 saturated carbocycles. The molecule has 1 rings (SSSR count). The van der Waals surface area contributed by atoms with Crippen LogP contribution < -0.4 is 5.32 Å². The molecule has 1 aliphatic carbocycles. The highest BCUT2D eigenvalue weighted by molar-refractivity contribution is 5.07. The first-order valence-corrected chi connectivity index (χ1v) is 7.15. The second kappa shape index (κ2) is 7.68. The molecule has 3 heteroatoms. The van der Waals surface area contributed by atoms with E-state index >= 15 is 0 Å². The molecule has 0 unspecified atom stereocenters. The van der Waals surface area contributed by atoms with Gasteiger partial charge in [0.1, 0.15) is 5.54 Å². The minimum atomic E-state index is -0.232. The average molecular weight is 237 g/mol. The Morgan fingerprint density at radius 2 is 1.71 bits per heavy atom. The summed E-state index contributed by atoms with van der Waals surface area (Å²) in [5.74, 6) is 0. The number of rotatable bonds is 6. The fourth-order valence-corrected chi connectivity index (χ4v) is 2.65. The van der Waals surface area contributed by atoms with E-state index in [4.69, 9.17) is 0 Å². The molecular formula is C14H27N3. The number of nitrogens with one attached hydrogen (secondary N) is 1. The monoisotopic (exact) mass is 237 g/mol. The van der Waals surface area contributed by atoms with E-state index in [0.717, 1.165) is 39.0 Å². The van der Waals surface area contributed by atoms with Gasteiger partial charge < -0.3 is 4.90 Å². The molecule has 0 aromatic carbocycles. The van der Waals surface area contributed by atoms with Gasteiger partial charge in [0, 0.05) is 13.1 Å². The highest BCUT2D eigenvalue weighted by Crippen LogP contribution is 2.26. The lowest BCUT2D eigenvalue weighted by molar-refractivity contribution is 0.277. The third kappa shape index (κ3) is 4.65. The van der Waals surface area contributed by atoms with Crippen molar-refractivity contribution in [3.63, 3.8) is 0 Å². The Balaban J connectivity index is 2.38. The number of nitrogens with zero attached hydrogens (tertiary/aromatic N) is 2. The second-order valence-electron chi connectivity index (χ2n) is 5.06. The van der Waals surface area contributed by atoms with Crippen molar-refractivity contribution in [3.05, 3.63) is 0 Å². The van der Waals surface area contributed by atoms with Gasteiger partial charge in [-0.1, -0.05) is 39.5 Å². The summed E-state index contributed by atoms with van der Waals surface area (Å²) in [5.41, 5.74) is -0.232. The van der Waals surface area contributed by atoms with E-state index in [1.165, 1.54) is 25.7 Å². The fraction of sp³-hybridized carbons (Fsp3) is 0.929. The van der Waals surface area contributed by atoms with Crippen molar-refractivity contribution >= 4 is 0 Å². The van der Waals surface area contributed by atoms with Crippen molar-refractivity contribution in [3.8, 4) is 6.07 Å². The predicted octanol–water partition coefficient (Wildman–Crippen LogP) is 2.53. The topological polar surface area (TPSA) is 39.1 Å². The lowest BCUT2D eigenvalue weighted by Crippen LogP contribution is -2.46. The van der Waals surface area contributed by atoms with Gasteiger partial charge in [-0.15, -0.1) is 0 Å². The van der Waals surface area contributed by atoms with Gasteiger partial charge in [-0.25, -0.2) is 0 Å². The molecule has 0 amide bonds. The molecule has 98 valence electrons. The normalized spacial score (nSPS) is 19.9. The first-order valence-electron chi connectivity index (χ1n) is 7.15. The zero-order valence-corrected chi connectivity index (χ0v) is 11.5. The Labute approximate surface area is 106 Å². The van der Waals surface area contributed by atoms with Gasteiger partial charge in [0.2, 0.25) is 0 Å². The second-order valence-corrected chi connectivity index (χ2v) is 5.06. The average Bonchev–Trinajstić information content (AvgIpc) is 2.61. The number of nitriles is 1. The summed E-state index contributed by atoms with van der Waals surface area (Å²) in [5, 5.41) is 12.9. The van der Waals surface area contributed by atoms with E-state index in [9.17, 15) is 5.26 Å². The van der Waals surface area contributed by atoms with Crippen molar-refractivity contribution in [1.29, 1.82) is 5.26 Å². The van der Waals surface area contributed by atoms with E-state index in [2.05, 4.69) is 30.1 Å². The SMILES string of the molecule is CCN(CC)CCNC1(C#N)CCCCCC1. The molecule has 0 aromatic rings. The molecule has 3 nitrogen and oxygen atoms in total. The number of likely N-dealkylation sites (N-methyl/N-ethyl adjacent to an activating group) is 1. The van der Waals surface area contributed by atoms with Crippen LogP contribution in [-0.2, 0) is 0 Å². The highest BCUT2D eigenvalue weighted by Gasteiger charge is 2.29. The van der Waals surface area contributed by atoms with Gasteiger partial charge in [-0.2, -0.15) is 5.26 Å². The largest absolute Gasteiger partial charge is 0.303 e. The van der Waals surface area contributed by atoms with Gasteiger partial charge in [-0.3, -0.25) is 5.32 Å². The summed E-state index contributed by atoms with van der Waals surface area (Å²) in [6.07, 6.45) is 7.05. The molecule has 0 radical (unpaired) electrons. The quantitative estimate of drug-likeness (QED) is 0.722. The van der Waals surface area contributed by atoms with Crippen LogP contribution in [0.5, 0.6) is 0 Å². The van der Waals surface area contributed by atoms with Crippen LogP contribution in [0.25, 0.3) is 0 Å². The van der Waals surface area contributed by atoms with E-state index in [0.29, 0.717) is 0 Å². The van der Waals surface area contributed by atoms with Gasteiger partial charge in [0.05, 0.1) is 6.07 Å². The van der Waals surface area contributed by atoms with Gasteiger partial charge >= 0.3 is 0 Å². The maximum absolute atomic E-state index is 9.42. The van der Waals surface area contributed by atoms with Crippen LogP contribution in [0, 0.1) is 11.3 Å². The van der Waals surface area contributed by atoms with Crippen LogP contribution in [0.3, 0.4) is 0 Å². The van der Waals surface area contributed by atoms with Crippen molar-refractivity contribution in [2.24, 2.45) is 0 Å². The van der Waals surface area contributed by atoms with Crippen LogP contribution in [0.15, 0.2) is 0 Å². The Morgan fingerprint density at radius 3 is 2.18 bits per heavy atom. The minimum Gasteiger partial charge on any atom is -0.303 e. The van der Waals surface area contributed by atoms with Crippen LogP contribution >= 0.6 is 0 Å². The van der Waals surface area contributed by atoms with Gasteiger partial charge in [0.15, 0.2) is 0 Å². The Hall–Kier alpha value is -0.590. The summed E-state index contributed by atoms with van der Waals surface area (Å²) in [7, 11) is 0. The molecule has 17 heavy (non-hydrogen) atoms. The first kappa shape index (κ1) is 14.5. The van der Waals surface area contributed by atoms with Crippen LogP contribution in [-0.4, -0.2) is 36.6 Å². The van der Waals surface area contributed by atoms with Gasteiger partial charge in [-0.05, 0) is 25.9 Å². The Kier molecular flexibility index (Phi) is 6.54. The van der Waals surface area contributed by atoms with Crippen LogP contribution in [0.4, 0.5) is 0 Å². The zero-order chi connectivity index (χ0) is 12.6. The highest BCUT2D eigenvalue weighted by atomic mass is 15.1. The third-order valence-corrected chi connectivity index (χ3v) is 3.96. The lowest BCUT2D eigenvalue weighted by Gasteiger charge is -2.28. The lowest BCUT2D eigenvalue weighted by atomic mass is 9.92. The summed E-state index contributed by atoms with van der Waals surface area (Å²) < 4.78 is 0. The molecule has 0 heterocycles. The fourth-order valence-electron chi connectivity index (χ4n) is 2.65. The van der Waals surface area contributed by atoms with E-state index in [1.807, 2.05) is 0 Å². The molecule has 0 aliphatic heterocycles. The zero-order valence-electron chi connectivity index (χ0n) is 11.5. The predicted molar refractivity (Wildman–Crippen MR) is 71.8 cm³/mol. The molecule has 0 spiro atoms. The van der Waals surface area contributed by atoms with Crippen molar-refractivity contribution in [1.82, 2.24) is 10.2 Å².